The van der Waals surface area contributed by atoms with Crippen molar-refractivity contribution >= 4 is 16.0 Å². The molecule has 1 heterocycles. The molecule has 1 aromatic carbocycles. The van der Waals surface area contributed by atoms with Gasteiger partial charge in [0.15, 0.2) is 5.96 Å². The molecule has 2 rings (SSSR count). The molecule has 0 spiro atoms. The van der Waals surface area contributed by atoms with E-state index in [9.17, 15) is 26.0 Å². The summed E-state index contributed by atoms with van der Waals surface area (Å²) < 4.78 is 74.1. The standard InChI is InChI=1S/C15H20F4N4O2S/c1-20-14(21-10-11-3-2-4-12(16)9-11)22-13-5-7-23(8-6-13)26(24,25)15(17,18)19/h2-4,9,13H,5-8,10H2,1H3,(H2,20,21,22). The van der Waals surface area contributed by atoms with Crippen molar-refractivity contribution in [1.82, 2.24) is 14.9 Å². The lowest BCUT2D eigenvalue weighted by atomic mass is 10.1. The van der Waals surface area contributed by atoms with Gasteiger partial charge in [-0.3, -0.25) is 4.99 Å². The van der Waals surface area contributed by atoms with Gasteiger partial charge in [-0.05, 0) is 30.5 Å². The van der Waals surface area contributed by atoms with Crippen LogP contribution < -0.4 is 10.6 Å². The van der Waals surface area contributed by atoms with Crippen molar-refractivity contribution in [1.29, 1.82) is 0 Å². The van der Waals surface area contributed by atoms with Crippen molar-refractivity contribution in [3.63, 3.8) is 0 Å². The molecule has 0 saturated carbocycles. The first-order valence-electron chi connectivity index (χ1n) is 7.91. The van der Waals surface area contributed by atoms with Crippen molar-refractivity contribution in [2.45, 2.75) is 30.9 Å². The number of rotatable bonds is 4. The number of guanidine groups is 1. The molecule has 26 heavy (non-hydrogen) atoms. The Hall–Kier alpha value is -1.88. The average Bonchev–Trinajstić information content (AvgIpc) is 2.58. The highest BCUT2D eigenvalue weighted by Crippen LogP contribution is 2.28. The second kappa shape index (κ2) is 8.21. The Balaban J connectivity index is 1.85. The van der Waals surface area contributed by atoms with Crippen molar-refractivity contribution in [2.24, 2.45) is 4.99 Å². The van der Waals surface area contributed by atoms with Crippen molar-refractivity contribution in [2.75, 3.05) is 20.1 Å². The van der Waals surface area contributed by atoms with Gasteiger partial charge in [-0.1, -0.05) is 12.1 Å². The Labute approximate surface area is 149 Å². The third-order valence-corrected chi connectivity index (χ3v) is 5.63. The number of aliphatic imine (C=N–C) groups is 1. The van der Waals surface area contributed by atoms with E-state index in [1.54, 1.807) is 12.1 Å². The van der Waals surface area contributed by atoms with Crippen LogP contribution in [0.3, 0.4) is 0 Å². The van der Waals surface area contributed by atoms with Gasteiger partial charge in [0.1, 0.15) is 5.82 Å². The van der Waals surface area contributed by atoms with Crippen LogP contribution in [0.15, 0.2) is 29.3 Å². The number of sulfonamides is 1. The summed E-state index contributed by atoms with van der Waals surface area (Å²) in [4.78, 5) is 4.02. The molecule has 146 valence electrons. The Bertz CT molecular complexity index is 744. The molecule has 0 bridgehead atoms. The highest BCUT2D eigenvalue weighted by Gasteiger charge is 2.50. The molecule has 0 aliphatic carbocycles. The van der Waals surface area contributed by atoms with E-state index < -0.39 is 15.5 Å². The number of halogens is 4. The molecule has 1 fully saturated rings. The Morgan fingerprint density at radius 2 is 1.96 bits per heavy atom. The van der Waals surface area contributed by atoms with Gasteiger partial charge >= 0.3 is 15.5 Å². The molecule has 0 unspecified atom stereocenters. The molecule has 2 N–H and O–H groups in total. The van der Waals surface area contributed by atoms with E-state index in [1.165, 1.54) is 19.2 Å². The van der Waals surface area contributed by atoms with Crippen LogP contribution in [0, 0.1) is 5.82 Å². The summed E-state index contributed by atoms with van der Waals surface area (Å²) in [7, 11) is -3.75. The van der Waals surface area contributed by atoms with Crippen molar-refractivity contribution in [3.8, 4) is 0 Å². The normalized spacial score (nSPS) is 18.0. The largest absolute Gasteiger partial charge is 0.511 e. The summed E-state index contributed by atoms with van der Waals surface area (Å²) in [6.07, 6.45) is 0.436. The number of piperidine rings is 1. The maximum Gasteiger partial charge on any atom is 0.511 e. The van der Waals surface area contributed by atoms with Crippen LogP contribution in [0.25, 0.3) is 0 Å². The van der Waals surface area contributed by atoms with Crippen LogP contribution in [-0.4, -0.2) is 50.4 Å². The fourth-order valence-electron chi connectivity index (χ4n) is 2.61. The van der Waals surface area contributed by atoms with E-state index in [2.05, 4.69) is 15.6 Å². The molecule has 0 aromatic heterocycles. The van der Waals surface area contributed by atoms with E-state index in [4.69, 9.17) is 0 Å². The van der Waals surface area contributed by atoms with Gasteiger partial charge < -0.3 is 10.6 Å². The molecule has 6 nitrogen and oxygen atoms in total. The van der Waals surface area contributed by atoms with Crippen molar-refractivity contribution in [3.05, 3.63) is 35.6 Å². The fourth-order valence-corrected chi connectivity index (χ4v) is 3.59. The summed E-state index contributed by atoms with van der Waals surface area (Å²) >= 11 is 0. The van der Waals surface area contributed by atoms with Gasteiger partial charge in [-0.15, -0.1) is 0 Å². The van der Waals surface area contributed by atoms with E-state index >= 15 is 0 Å². The Morgan fingerprint density at radius 1 is 1.31 bits per heavy atom. The first-order valence-corrected chi connectivity index (χ1v) is 9.35. The zero-order valence-corrected chi connectivity index (χ0v) is 14.9. The zero-order chi connectivity index (χ0) is 19.4. The molecule has 1 aromatic rings. The molecule has 1 aliphatic heterocycles. The number of nitrogens with one attached hydrogen (secondary N) is 2. The molecule has 1 saturated heterocycles. The second-order valence-corrected chi connectivity index (χ2v) is 7.75. The summed E-state index contributed by atoms with van der Waals surface area (Å²) in [5, 5.41) is 6.03. The van der Waals surface area contributed by atoms with E-state index in [0.29, 0.717) is 22.4 Å². The van der Waals surface area contributed by atoms with Crippen LogP contribution in [-0.2, 0) is 16.6 Å². The number of hydrogen-bond acceptors (Lipinski definition) is 3. The minimum absolute atomic E-state index is 0.214. The Kier molecular flexibility index (Phi) is 6.45. The zero-order valence-electron chi connectivity index (χ0n) is 14.1. The number of nitrogens with zero attached hydrogens (tertiary/aromatic N) is 2. The molecular formula is C15H20F4N4O2S. The summed E-state index contributed by atoms with van der Waals surface area (Å²) in [6, 6.07) is 5.82. The van der Waals surface area contributed by atoms with Gasteiger partial charge in [0, 0.05) is 32.7 Å². The lowest BCUT2D eigenvalue weighted by molar-refractivity contribution is -0.0494. The van der Waals surface area contributed by atoms with Gasteiger partial charge in [0.05, 0.1) is 0 Å². The average molecular weight is 396 g/mol. The third kappa shape index (κ3) is 5.07. The number of benzene rings is 1. The van der Waals surface area contributed by atoms with Crippen LogP contribution in [0.4, 0.5) is 17.6 Å². The van der Waals surface area contributed by atoms with Crippen LogP contribution in [0.2, 0.25) is 0 Å². The first-order chi connectivity index (χ1) is 12.1. The molecule has 0 radical (unpaired) electrons. The van der Waals surface area contributed by atoms with Gasteiger partial charge in [0.2, 0.25) is 0 Å². The monoisotopic (exact) mass is 396 g/mol. The Morgan fingerprint density at radius 3 is 2.50 bits per heavy atom. The minimum Gasteiger partial charge on any atom is -0.354 e. The van der Waals surface area contributed by atoms with E-state index in [-0.39, 0.29) is 37.8 Å². The summed E-state index contributed by atoms with van der Waals surface area (Å²) in [5.74, 6) is 0.0527. The summed E-state index contributed by atoms with van der Waals surface area (Å²) in [5.41, 5.74) is -4.57. The van der Waals surface area contributed by atoms with E-state index in [0.717, 1.165) is 0 Å². The maximum atomic E-state index is 13.2. The molecule has 11 heteroatoms. The first kappa shape index (κ1) is 20.4. The van der Waals surface area contributed by atoms with Gasteiger partial charge in [0.25, 0.3) is 0 Å². The third-order valence-electron chi connectivity index (χ3n) is 4.00. The lowest BCUT2D eigenvalue weighted by Crippen LogP contribution is -2.51. The fraction of sp³-hybridized carbons (Fsp3) is 0.533. The SMILES string of the molecule is CN=C(NCc1cccc(F)c1)NC1CCN(S(=O)(=O)C(F)(F)F)CC1. The highest BCUT2D eigenvalue weighted by molar-refractivity contribution is 7.90. The quantitative estimate of drug-likeness (QED) is 0.463. The smallest absolute Gasteiger partial charge is 0.354 e. The summed E-state index contributed by atoms with van der Waals surface area (Å²) in [6.45, 7) is -0.125. The molecular weight excluding hydrogens is 376 g/mol. The number of hydrogen-bond donors (Lipinski definition) is 2. The lowest BCUT2D eigenvalue weighted by Gasteiger charge is -2.32. The second-order valence-electron chi connectivity index (χ2n) is 5.82. The maximum absolute atomic E-state index is 13.2. The van der Waals surface area contributed by atoms with Crippen LogP contribution >= 0.6 is 0 Å². The van der Waals surface area contributed by atoms with E-state index in [1.807, 2.05) is 0 Å². The molecule has 1 aliphatic rings. The minimum atomic E-state index is -5.28. The van der Waals surface area contributed by atoms with Crippen molar-refractivity contribution < 1.29 is 26.0 Å². The predicted octanol–water partition coefficient (Wildman–Crippen LogP) is 1.80. The van der Waals surface area contributed by atoms with Gasteiger partial charge in [-0.2, -0.15) is 17.5 Å². The van der Waals surface area contributed by atoms with Crippen LogP contribution in [0.5, 0.6) is 0 Å². The predicted molar refractivity (Wildman–Crippen MR) is 89.3 cm³/mol. The highest BCUT2D eigenvalue weighted by atomic mass is 32.2. The number of alkyl halides is 3. The topological polar surface area (TPSA) is 73.8 Å². The molecule has 0 amide bonds. The van der Waals surface area contributed by atoms with Crippen LogP contribution in [0.1, 0.15) is 18.4 Å². The molecule has 0 atom stereocenters. The van der Waals surface area contributed by atoms with Gasteiger partial charge in [-0.25, -0.2) is 12.8 Å².